The lowest BCUT2D eigenvalue weighted by Crippen LogP contribution is -2.34. The van der Waals surface area contributed by atoms with E-state index in [2.05, 4.69) is 22.4 Å². The first-order chi connectivity index (χ1) is 17.3. The summed E-state index contributed by atoms with van der Waals surface area (Å²) in [5, 5.41) is 11.1. The molecular weight excluding hydrogens is 476 g/mol. The molecule has 0 spiro atoms. The maximum absolute atomic E-state index is 13.3. The van der Waals surface area contributed by atoms with Crippen LogP contribution in [0.1, 0.15) is 46.0 Å². The molecule has 1 fully saturated rings. The van der Waals surface area contributed by atoms with Crippen molar-refractivity contribution < 1.29 is 9.59 Å². The van der Waals surface area contributed by atoms with E-state index in [4.69, 9.17) is 10.7 Å². The fourth-order valence-corrected chi connectivity index (χ4v) is 5.58. The Hall–Kier alpha value is -3.86. The Labute approximate surface area is 211 Å². The molecule has 36 heavy (non-hydrogen) atoms. The van der Waals surface area contributed by atoms with E-state index in [0.29, 0.717) is 29.5 Å². The summed E-state index contributed by atoms with van der Waals surface area (Å²) in [5.74, 6) is 0.402. The quantitative estimate of drug-likeness (QED) is 0.387. The van der Waals surface area contributed by atoms with Gasteiger partial charge in [-0.3, -0.25) is 14.3 Å². The first-order valence-electron chi connectivity index (χ1n) is 11.8. The summed E-state index contributed by atoms with van der Waals surface area (Å²) < 4.78 is 3.10. The predicted molar refractivity (Wildman–Crippen MR) is 138 cm³/mol. The highest BCUT2D eigenvalue weighted by atomic mass is 32.2. The molecule has 10 nitrogen and oxygen atoms in total. The van der Waals surface area contributed by atoms with Gasteiger partial charge in [0.25, 0.3) is 11.8 Å². The van der Waals surface area contributed by atoms with E-state index >= 15 is 0 Å². The summed E-state index contributed by atoms with van der Waals surface area (Å²) in [4.78, 5) is 34.0. The fourth-order valence-electron chi connectivity index (χ4n) is 4.91. The topological polar surface area (TPSA) is 123 Å². The Morgan fingerprint density at radius 2 is 2.11 bits per heavy atom. The van der Waals surface area contributed by atoms with Gasteiger partial charge in [-0.15, -0.1) is 16.9 Å². The Kier molecular flexibility index (Phi) is 5.25. The number of rotatable bonds is 6. The highest BCUT2D eigenvalue weighted by Gasteiger charge is 2.39. The standard InChI is InChI=1S/C25H26N8O2S/c1-13(14-4-5-14)32-11-16-8-15(9-19(36-3)20(16)25(32)35)18-6-7-33-23(29-18)21(22(26)30-33)24(34)28-17-10-27-31(2)12-17/h6-10,12-14H,4-5,11H2,1-3H3,(H2,26,30)(H,28,34)/t13-/m0/s1. The van der Waals surface area contributed by atoms with Crippen molar-refractivity contribution in [2.75, 3.05) is 17.3 Å². The number of fused-ring (bicyclic) bond motifs is 2. The van der Waals surface area contributed by atoms with Gasteiger partial charge in [-0.1, -0.05) is 0 Å². The van der Waals surface area contributed by atoms with Crippen LogP contribution in [-0.4, -0.2) is 53.4 Å². The van der Waals surface area contributed by atoms with Gasteiger partial charge in [-0.2, -0.15) is 5.10 Å². The van der Waals surface area contributed by atoms with E-state index in [-0.39, 0.29) is 23.3 Å². The molecule has 0 saturated heterocycles. The lowest BCUT2D eigenvalue weighted by molar-refractivity contribution is 0.0695. The van der Waals surface area contributed by atoms with Crippen LogP contribution in [0, 0.1) is 5.92 Å². The summed E-state index contributed by atoms with van der Waals surface area (Å²) in [5.41, 5.74) is 10.6. The number of amides is 2. The zero-order valence-electron chi connectivity index (χ0n) is 20.2. The minimum absolute atomic E-state index is 0.0927. The number of carbonyl (C=O) groups excluding carboxylic acids is 2. The van der Waals surface area contributed by atoms with Crippen LogP contribution in [-0.2, 0) is 13.6 Å². The van der Waals surface area contributed by atoms with Crippen LogP contribution in [0.5, 0.6) is 0 Å². The Bertz CT molecular complexity index is 1540. The van der Waals surface area contributed by atoms with Crippen molar-refractivity contribution >= 4 is 40.7 Å². The minimum atomic E-state index is -0.408. The first kappa shape index (κ1) is 22.6. The molecule has 184 valence electrons. The number of thioether (sulfide) groups is 1. The van der Waals surface area contributed by atoms with Gasteiger partial charge in [0.2, 0.25) is 0 Å². The van der Waals surface area contributed by atoms with E-state index in [1.165, 1.54) is 17.4 Å². The average molecular weight is 503 g/mol. The van der Waals surface area contributed by atoms with Crippen LogP contribution in [0.4, 0.5) is 11.5 Å². The third-order valence-corrected chi connectivity index (χ3v) is 7.77. The third-order valence-electron chi connectivity index (χ3n) is 7.01. The molecule has 2 amide bonds. The number of benzene rings is 1. The first-order valence-corrected chi connectivity index (χ1v) is 13.0. The van der Waals surface area contributed by atoms with Crippen molar-refractivity contribution in [2.45, 2.75) is 37.2 Å². The second-order valence-corrected chi connectivity index (χ2v) is 10.3. The van der Waals surface area contributed by atoms with Crippen molar-refractivity contribution in [3.05, 3.63) is 53.5 Å². The number of nitrogens with zero attached hydrogens (tertiary/aromatic N) is 6. The second-order valence-electron chi connectivity index (χ2n) is 9.42. The van der Waals surface area contributed by atoms with Crippen molar-refractivity contribution in [3.8, 4) is 11.3 Å². The number of hydrogen-bond donors (Lipinski definition) is 2. The van der Waals surface area contributed by atoms with E-state index in [1.54, 1.807) is 42.1 Å². The van der Waals surface area contributed by atoms with Gasteiger partial charge in [0.1, 0.15) is 5.56 Å². The molecule has 6 rings (SSSR count). The maximum atomic E-state index is 13.3. The number of anilines is 2. The molecule has 1 aliphatic carbocycles. The minimum Gasteiger partial charge on any atom is -0.381 e. The largest absolute Gasteiger partial charge is 0.381 e. The number of nitrogens with two attached hydrogens (primary N) is 1. The van der Waals surface area contributed by atoms with Crippen LogP contribution in [0.25, 0.3) is 16.9 Å². The number of aryl methyl sites for hydroxylation is 1. The van der Waals surface area contributed by atoms with Crippen LogP contribution >= 0.6 is 11.8 Å². The van der Waals surface area contributed by atoms with Gasteiger partial charge in [0, 0.05) is 42.5 Å². The van der Waals surface area contributed by atoms with Crippen molar-refractivity contribution in [3.63, 3.8) is 0 Å². The average Bonchev–Trinajstić information content (AvgIpc) is 3.44. The molecule has 0 bridgehead atoms. The summed E-state index contributed by atoms with van der Waals surface area (Å²) in [7, 11) is 1.77. The Balaban J connectivity index is 1.38. The molecule has 0 unspecified atom stereocenters. The molecule has 3 aromatic heterocycles. The summed E-state index contributed by atoms with van der Waals surface area (Å²) in [6, 6.07) is 6.13. The van der Waals surface area contributed by atoms with E-state index in [9.17, 15) is 9.59 Å². The van der Waals surface area contributed by atoms with Crippen LogP contribution in [0.3, 0.4) is 0 Å². The lowest BCUT2D eigenvalue weighted by atomic mass is 10.0. The van der Waals surface area contributed by atoms with Crippen LogP contribution < -0.4 is 11.1 Å². The zero-order chi connectivity index (χ0) is 25.1. The van der Waals surface area contributed by atoms with Gasteiger partial charge in [-0.25, -0.2) is 9.50 Å². The van der Waals surface area contributed by atoms with Gasteiger partial charge < -0.3 is 16.0 Å². The SMILES string of the molecule is CSc1cc(-c2ccn3nc(N)c(C(=O)Nc4cnn(C)c4)c3n2)cc2c1C(=O)N([C@@H](C)C1CC1)C2. The molecule has 1 aliphatic heterocycles. The third kappa shape index (κ3) is 3.70. The Morgan fingerprint density at radius 3 is 2.81 bits per heavy atom. The predicted octanol–water partition coefficient (Wildman–Crippen LogP) is 3.44. The van der Waals surface area contributed by atoms with E-state index < -0.39 is 5.91 Å². The fraction of sp³-hybridized carbons (Fsp3) is 0.320. The lowest BCUT2D eigenvalue weighted by Gasteiger charge is -2.24. The number of nitrogens with one attached hydrogen (secondary N) is 1. The molecule has 3 N–H and O–H groups in total. The van der Waals surface area contributed by atoms with Gasteiger partial charge >= 0.3 is 0 Å². The van der Waals surface area contributed by atoms with Gasteiger partial charge in [0.05, 0.1) is 23.1 Å². The number of hydrogen-bond acceptors (Lipinski definition) is 7. The maximum Gasteiger partial charge on any atom is 0.263 e. The summed E-state index contributed by atoms with van der Waals surface area (Å²) in [6.45, 7) is 2.76. The molecule has 4 heterocycles. The normalized spacial score (nSPS) is 16.0. The molecular formula is C25H26N8O2S. The van der Waals surface area contributed by atoms with Crippen LogP contribution in [0.15, 0.2) is 41.7 Å². The van der Waals surface area contributed by atoms with E-state index in [1.807, 2.05) is 29.4 Å². The highest BCUT2D eigenvalue weighted by Crippen LogP contribution is 2.41. The number of nitrogen functional groups attached to an aromatic ring is 1. The van der Waals surface area contributed by atoms with Crippen molar-refractivity contribution in [1.29, 1.82) is 0 Å². The van der Waals surface area contributed by atoms with Gasteiger partial charge in [0.15, 0.2) is 11.5 Å². The number of aromatic nitrogens is 5. The monoisotopic (exact) mass is 502 g/mol. The van der Waals surface area contributed by atoms with E-state index in [0.717, 1.165) is 21.6 Å². The highest BCUT2D eigenvalue weighted by molar-refractivity contribution is 7.98. The molecule has 11 heteroatoms. The van der Waals surface area contributed by atoms with Crippen molar-refractivity contribution in [1.82, 2.24) is 29.3 Å². The van der Waals surface area contributed by atoms with Crippen molar-refractivity contribution in [2.24, 2.45) is 13.0 Å². The molecule has 4 aromatic rings. The van der Waals surface area contributed by atoms with Gasteiger partial charge in [-0.05, 0) is 55.7 Å². The summed E-state index contributed by atoms with van der Waals surface area (Å²) in [6.07, 6.45) is 9.36. The van der Waals surface area contributed by atoms with Crippen LogP contribution in [0.2, 0.25) is 0 Å². The molecule has 0 radical (unpaired) electrons. The number of carbonyl (C=O) groups is 2. The zero-order valence-corrected chi connectivity index (χ0v) is 21.0. The molecule has 1 aromatic carbocycles. The Morgan fingerprint density at radius 1 is 1.31 bits per heavy atom. The molecule has 1 atom stereocenters. The molecule has 1 saturated carbocycles. The molecule has 2 aliphatic rings. The second kappa shape index (κ2) is 8.37. The summed E-state index contributed by atoms with van der Waals surface area (Å²) >= 11 is 1.56. The smallest absolute Gasteiger partial charge is 0.263 e.